The van der Waals surface area contributed by atoms with Gasteiger partial charge in [0.05, 0.1) is 6.61 Å². The normalized spacial score (nSPS) is 17.1. The van der Waals surface area contributed by atoms with Crippen molar-refractivity contribution in [2.45, 2.75) is 18.9 Å². The first-order chi connectivity index (χ1) is 7.25. The summed E-state index contributed by atoms with van der Waals surface area (Å²) in [7, 11) is 0. The minimum atomic E-state index is -0.534. The van der Waals surface area contributed by atoms with Crippen LogP contribution in [0.25, 0.3) is 0 Å². The van der Waals surface area contributed by atoms with E-state index < -0.39 is 6.10 Å². The van der Waals surface area contributed by atoms with Crippen LogP contribution in [0.2, 0.25) is 5.02 Å². The summed E-state index contributed by atoms with van der Waals surface area (Å²) >= 11 is 5.78. The first-order valence-corrected chi connectivity index (χ1v) is 5.39. The third-order valence-corrected chi connectivity index (χ3v) is 2.65. The van der Waals surface area contributed by atoms with Crippen LogP contribution in [0, 0.1) is 0 Å². The fourth-order valence-electron chi connectivity index (χ4n) is 1.61. The van der Waals surface area contributed by atoms with E-state index in [1.807, 2.05) is 30.3 Å². The second-order valence-electron chi connectivity index (χ2n) is 3.59. The van der Waals surface area contributed by atoms with Gasteiger partial charge in [-0.1, -0.05) is 23.7 Å². The van der Waals surface area contributed by atoms with Gasteiger partial charge in [0.15, 0.2) is 0 Å². The minimum absolute atomic E-state index is 0.534. The standard InChI is InChI=1S/C12H13ClO2/c13-10-5-3-9(4-6-10)8-11(14)12-2-1-7-15-12/h2-6,11,14H,1,7-8H2. The van der Waals surface area contributed by atoms with Gasteiger partial charge in [-0.25, -0.2) is 0 Å². The molecule has 1 aliphatic heterocycles. The summed E-state index contributed by atoms with van der Waals surface area (Å²) in [4.78, 5) is 0. The molecule has 0 amide bonds. The fourth-order valence-corrected chi connectivity index (χ4v) is 1.74. The van der Waals surface area contributed by atoms with Gasteiger partial charge in [0.25, 0.3) is 0 Å². The Morgan fingerprint density at radius 1 is 1.33 bits per heavy atom. The number of halogens is 1. The van der Waals surface area contributed by atoms with Gasteiger partial charge < -0.3 is 9.84 Å². The van der Waals surface area contributed by atoms with Gasteiger partial charge in [-0.05, 0) is 23.8 Å². The number of ether oxygens (including phenoxy) is 1. The highest BCUT2D eigenvalue weighted by atomic mass is 35.5. The molecule has 15 heavy (non-hydrogen) atoms. The number of aliphatic hydroxyl groups excluding tert-OH is 1. The molecule has 0 bridgehead atoms. The Labute approximate surface area is 94.1 Å². The summed E-state index contributed by atoms with van der Waals surface area (Å²) in [6, 6.07) is 7.49. The van der Waals surface area contributed by atoms with Crippen molar-refractivity contribution in [1.82, 2.24) is 0 Å². The van der Waals surface area contributed by atoms with Crippen LogP contribution >= 0.6 is 11.6 Å². The van der Waals surface area contributed by atoms with E-state index in [1.165, 1.54) is 0 Å². The maximum atomic E-state index is 9.85. The molecule has 1 aliphatic rings. The van der Waals surface area contributed by atoms with Crippen molar-refractivity contribution in [3.05, 3.63) is 46.7 Å². The maximum absolute atomic E-state index is 9.85. The molecule has 80 valence electrons. The zero-order valence-corrected chi connectivity index (χ0v) is 9.07. The summed E-state index contributed by atoms with van der Waals surface area (Å²) in [5.74, 6) is 0.699. The molecule has 0 spiro atoms. The molecule has 1 unspecified atom stereocenters. The van der Waals surface area contributed by atoms with Crippen LogP contribution in [-0.2, 0) is 11.2 Å². The van der Waals surface area contributed by atoms with Crippen molar-refractivity contribution < 1.29 is 9.84 Å². The summed E-state index contributed by atoms with van der Waals surface area (Å²) < 4.78 is 5.30. The maximum Gasteiger partial charge on any atom is 0.121 e. The number of benzene rings is 1. The van der Waals surface area contributed by atoms with Crippen LogP contribution in [0.15, 0.2) is 36.1 Å². The van der Waals surface area contributed by atoms with Crippen molar-refractivity contribution in [2.75, 3.05) is 6.61 Å². The van der Waals surface area contributed by atoms with Crippen molar-refractivity contribution >= 4 is 11.6 Å². The second kappa shape index (κ2) is 4.69. The topological polar surface area (TPSA) is 29.5 Å². The van der Waals surface area contributed by atoms with E-state index >= 15 is 0 Å². The van der Waals surface area contributed by atoms with Crippen LogP contribution in [0.4, 0.5) is 0 Å². The Kier molecular flexibility index (Phi) is 3.29. The third kappa shape index (κ3) is 2.74. The molecule has 0 saturated heterocycles. The molecule has 0 fully saturated rings. The van der Waals surface area contributed by atoms with Crippen LogP contribution in [0.3, 0.4) is 0 Å². The molecule has 0 radical (unpaired) electrons. The SMILES string of the molecule is OC(Cc1ccc(Cl)cc1)C1=CCCO1. The fraction of sp³-hybridized carbons (Fsp3) is 0.333. The lowest BCUT2D eigenvalue weighted by Crippen LogP contribution is -2.14. The molecule has 0 aliphatic carbocycles. The molecule has 1 heterocycles. The average molecular weight is 225 g/mol. The van der Waals surface area contributed by atoms with Crippen molar-refractivity contribution in [2.24, 2.45) is 0 Å². The zero-order valence-electron chi connectivity index (χ0n) is 8.32. The molecule has 3 heteroatoms. The van der Waals surface area contributed by atoms with E-state index in [0.717, 1.165) is 12.0 Å². The summed E-state index contributed by atoms with van der Waals surface area (Å²) in [5, 5.41) is 10.6. The van der Waals surface area contributed by atoms with Gasteiger partial charge in [-0.2, -0.15) is 0 Å². The Bertz CT molecular complexity index is 356. The Morgan fingerprint density at radius 2 is 2.07 bits per heavy atom. The first-order valence-electron chi connectivity index (χ1n) is 5.01. The highest BCUT2D eigenvalue weighted by Gasteiger charge is 2.16. The average Bonchev–Trinajstić information content (AvgIpc) is 2.74. The predicted octanol–water partition coefficient (Wildman–Crippen LogP) is 2.55. The largest absolute Gasteiger partial charge is 0.495 e. The smallest absolute Gasteiger partial charge is 0.121 e. The number of hydrogen-bond donors (Lipinski definition) is 1. The third-order valence-electron chi connectivity index (χ3n) is 2.40. The van der Waals surface area contributed by atoms with Crippen LogP contribution in [-0.4, -0.2) is 17.8 Å². The van der Waals surface area contributed by atoms with Gasteiger partial charge in [-0.15, -0.1) is 0 Å². The predicted molar refractivity (Wildman–Crippen MR) is 59.8 cm³/mol. The van der Waals surface area contributed by atoms with Crippen molar-refractivity contribution in [3.8, 4) is 0 Å². The molecular weight excluding hydrogens is 212 g/mol. The lowest BCUT2D eigenvalue weighted by atomic mass is 10.1. The molecule has 1 aromatic rings. The Balaban J connectivity index is 1.99. The lowest BCUT2D eigenvalue weighted by molar-refractivity contribution is 0.118. The molecule has 0 aromatic heterocycles. The van der Waals surface area contributed by atoms with E-state index in [4.69, 9.17) is 16.3 Å². The highest BCUT2D eigenvalue weighted by Crippen LogP contribution is 2.18. The molecule has 1 atom stereocenters. The van der Waals surface area contributed by atoms with Crippen molar-refractivity contribution in [3.63, 3.8) is 0 Å². The molecule has 2 rings (SSSR count). The second-order valence-corrected chi connectivity index (χ2v) is 4.03. The van der Waals surface area contributed by atoms with Gasteiger partial charge >= 0.3 is 0 Å². The van der Waals surface area contributed by atoms with E-state index in [9.17, 15) is 5.11 Å². The van der Waals surface area contributed by atoms with Crippen LogP contribution in [0.1, 0.15) is 12.0 Å². The van der Waals surface area contributed by atoms with Crippen molar-refractivity contribution in [1.29, 1.82) is 0 Å². The summed E-state index contributed by atoms with van der Waals surface area (Å²) in [6.45, 7) is 0.688. The van der Waals surface area contributed by atoms with Gasteiger partial charge in [0.2, 0.25) is 0 Å². The van der Waals surface area contributed by atoms with Gasteiger partial charge in [0, 0.05) is 17.9 Å². The quantitative estimate of drug-likeness (QED) is 0.855. The van der Waals surface area contributed by atoms with E-state index in [-0.39, 0.29) is 0 Å². The number of aliphatic hydroxyl groups is 1. The molecule has 0 saturated carbocycles. The number of hydrogen-bond acceptors (Lipinski definition) is 2. The van der Waals surface area contributed by atoms with Gasteiger partial charge in [0.1, 0.15) is 11.9 Å². The number of rotatable bonds is 3. The minimum Gasteiger partial charge on any atom is -0.495 e. The van der Waals surface area contributed by atoms with Crippen LogP contribution < -0.4 is 0 Å². The summed E-state index contributed by atoms with van der Waals surface area (Å²) in [5.41, 5.74) is 1.06. The lowest BCUT2D eigenvalue weighted by Gasteiger charge is -2.12. The first kappa shape index (κ1) is 10.5. The van der Waals surface area contributed by atoms with E-state index in [1.54, 1.807) is 0 Å². The highest BCUT2D eigenvalue weighted by molar-refractivity contribution is 6.30. The molecular formula is C12H13ClO2. The van der Waals surface area contributed by atoms with E-state index in [2.05, 4.69) is 0 Å². The Hall–Kier alpha value is -0.990. The summed E-state index contributed by atoms with van der Waals surface area (Å²) in [6.07, 6.45) is 2.88. The zero-order chi connectivity index (χ0) is 10.7. The molecule has 1 N–H and O–H groups in total. The monoisotopic (exact) mass is 224 g/mol. The molecule has 1 aromatic carbocycles. The molecule has 2 nitrogen and oxygen atoms in total. The van der Waals surface area contributed by atoms with Crippen LogP contribution in [0.5, 0.6) is 0 Å². The van der Waals surface area contributed by atoms with Gasteiger partial charge in [-0.3, -0.25) is 0 Å². The van der Waals surface area contributed by atoms with E-state index in [0.29, 0.717) is 23.8 Å². The Morgan fingerprint density at radius 3 is 2.67 bits per heavy atom.